The van der Waals surface area contributed by atoms with Gasteiger partial charge in [0.1, 0.15) is 0 Å². The number of carbonyl (C=O) groups is 1. The van der Waals surface area contributed by atoms with E-state index in [1.54, 1.807) is 18.3 Å². The third-order valence-electron chi connectivity index (χ3n) is 4.86. The van der Waals surface area contributed by atoms with E-state index in [0.717, 1.165) is 5.56 Å². The molecule has 0 radical (unpaired) electrons. The predicted octanol–water partition coefficient (Wildman–Crippen LogP) is 2.77. The highest BCUT2D eigenvalue weighted by Crippen LogP contribution is 2.22. The van der Waals surface area contributed by atoms with E-state index >= 15 is 0 Å². The van der Waals surface area contributed by atoms with Gasteiger partial charge in [-0.3, -0.25) is 4.79 Å². The van der Waals surface area contributed by atoms with Crippen molar-refractivity contribution < 1.29 is 17.9 Å². The lowest BCUT2D eigenvalue weighted by atomic mass is 9.87. The van der Waals surface area contributed by atoms with E-state index in [1.807, 2.05) is 24.3 Å². The molecule has 0 atom stereocenters. The normalized spacial score (nSPS) is 16.0. The summed E-state index contributed by atoms with van der Waals surface area (Å²) in [5.74, 6) is -0.475. The van der Waals surface area contributed by atoms with Crippen molar-refractivity contribution in [2.45, 2.75) is 31.1 Å². The Hall–Kier alpha value is -2.55. The van der Waals surface area contributed by atoms with Crippen LogP contribution in [0, 0.1) is 0 Å². The van der Waals surface area contributed by atoms with Crippen LogP contribution in [0.3, 0.4) is 0 Å². The Labute approximate surface area is 177 Å². The van der Waals surface area contributed by atoms with Crippen LogP contribution in [0.15, 0.2) is 58.5 Å². The zero-order chi connectivity index (χ0) is 21.8. The molecule has 2 aromatic carbocycles. The lowest BCUT2D eigenvalue weighted by molar-refractivity contribution is 0.0730. The van der Waals surface area contributed by atoms with Crippen LogP contribution in [0.4, 0.5) is 0 Å². The number of sulfonamides is 1. The topological polar surface area (TPSA) is 88.1 Å². The molecule has 1 saturated heterocycles. The van der Waals surface area contributed by atoms with Crippen molar-refractivity contribution >= 4 is 22.1 Å². The Morgan fingerprint density at radius 3 is 2.40 bits per heavy atom. The van der Waals surface area contributed by atoms with Gasteiger partial charge in [0.15, 0.2) is 0 Å². The van der Waals surface area contributed by atoms with Crippen molar-refractivity contribution in [3.63, 3.8) is 0 Å². The minimum Gasteiger partial charge on any atom is -0.379 e. The lowest BCUT2D eigenvalue weighted by Crippen LogP contribution is -2.40. The first kappa shape index (κ1) is 22.1. The second-order valence-electron chi connectivity index (χ2n) is 8.12. The SMILES string of the molecule is CC(C)(C)c1ccc(C=NNC(=O)c2cccc(S(=O)(=O)N3CCOCC3)c2)cc1. The summed E-state index contributed by atoms with van der Waals surface area (Å²) in [5.41, 5.74) is 4.81. The lowest BCUT2D eigenvalue weighted by Gasteiger charge is -2.26. The largest absolute Gasteiger partial charge is 0.379 e. The zero-order valence-electron chi connectivity index (χ0n) is 17.5. The molecule has 30 heavy (non-hydrogen) atoms. The summed E-state index contributed by atoms with van der Waals surface area (Å²) in [5, 5.41) is 3.99. The molecule has 0 spiro atoms. The molecule has 1 fully saturated rings. The average Bonchev–Trinajstić information content (AvgIpc) is 2.74. The van der Waals surface area contributed by atoms with E-state index in [4.69, 9.17) is 4.74 Å². The fourth-order valence-corrected chi connectivity index (χ4v) is 4.49. The number of carbonyl (C=O) groups excluding carboxylic acids is 1. The van der Waals surface area contributed by atoms with E-state index in [9.17, 15) is 13.2 Å². The number of amides is 1. The van der Waals surface area contributed by atoms with Gasteiger partial charge in [-0.25, -0.2) is 13.8 Å². The number of ether oxygens (including phenoxy) is 1. The van der Waals surface area contributed by atoms with Crippen molar-refractivity contribution in [1.82, 2.24) is 9.73 Å². The van der Waals surface area contributed by atoms with Gasteiger partial charge in [-0.2, -0.15) is 9.41 Å². The predicted molar refractivity (Wildman–Crippen MR) is 116 cm³/mol. The smallest absolute Gasteiger partial charge is 0.271 e. The second kappa shape index (κ2) is 9.07. The Balaban J connectivity index is 1.67. The Kier molecular flexibility index (Phi) is 6.70. The number of hydrazone groups is 1. The van der Waals surface area contributed by atoms with Gasteiger partial charge in [-0.05, 0) is 34.7 Å². The molecule has 1 N–H and O–H groups in total. The van der Waals surface area contributed by atoms with Crippen molar-refractivity contribution in [2.75, 3.05) is 26.3 Å². The molecule has 1 aliphatic rings. The van der Waals surface area contributed by atoms with Crippen molar-refractivity contribution in [2.24, 2.45) is 5.10 Å². The van der Waals surface area contributed by atoms with Gasteiger partial charge in [-0.15, -0.1) is 0 Å². The highest BCUT2D eigenvalue weighted by Gasteiger charge is 2.26. The minimum absolute atomic E-state index is 0.0659. The number of rotatable bonds is 5. The first-order valence-electron chi connectivity index (χ1n) is 9.80. The van der Waals surface area contributed by atoms with Crippen molar-refractivity contribution in [3.05, 3.63) is 65.2 Å². The first-order valence-corrected chi connectivity index (χ1v) is 11.2. The number of nitrogens with zero attached hydrogens (tertiary/aromatic N) is 2. The van der Waals surface area contributed by atoms with Crippen LogP contribution in [0.2, 0.25) is 0 Å². The van der Waals surface area contributed by atoms with Crippen LogP contribution >= 0.6 is 0 Å². The van der Waals surface area contributed by atoms with Gasteiger partial charge in [0.25, 0.3) is 5.91 Å². The average molecular weight is 430 g/mol. The summed E-state index contributed by atoms with van der Waals surface area (Å²) < 4.78 is 32.1. The van der Waals surface area contributed by atoms with Crippen LogP contribution in [-0.4, -0.2) is 51.1 Å². The second-order valence-corrected chi connectivity index (χ2v) is 10.1. The first-order chi connectivity index (χ1) is 14.2. The monoisotopic (exact) mass is 429 g/mol. The Morgan fingerprint density at radius 1 is 1.10 bits per heavy atom. The molecule has 1 heterocycles. The molecule has 0 saturated carbocycles. The highest BCUT2D eigenvalue weighted by molar-refractivity contribution is 7.89. The van der Waals surface area contributed by atoms with Gasteiger partial charge >= 0.3 is 0 Å². The van der Waals surface area contributed by atoms with Gasteiger partial charge in [-0.1, -0.05) is 51.1 Å². The molecule has 1 amide bonds. The molecule has 2 aromatic rings. The summed E-state index contributed by atoms with van der Waals surface area (Å²) in [7, 11) is -3.66. The fourth-order valence-electron chi connectivity index (χ4n) is 3.03. The molecule has 160 valence electrons. The molecule has 8 heteroatoms. The highest BCUT2D eigenvalue weighted by atomic mass is 32.2. The summed E-state index contributed by atoms with van der Waals surface area (Å²) in [6, 6.07) is 13.9. The Morgan fingerprint density at radius 2 is 1.77 bits per heavy atom. The molecular weight excluding hydrogens is 402 g/mol. The maximum absolute atomic E-state index is 12.8. The van der Waals surface area contributed by atoms with Crippen molar-refractivity contribution in [1.29, 1.82) is 0 Å². The van der Waals surface area contributed by atoms with E-state index in [2.05, 4.69) is 31.3 Å². The van der Waals surface area contributed by atoms with E-state index in [-0.39, 0.29) is 15.9 Å². The number of nitrogens with one attached hydrogen (secondary N) is 1. The standard InChI is InChI=1S/C22H27N3O4S/c1-22(2,3)19-9-7-17(8-10-19)16-23-24-21(26)18-5-4-6-20(15-18)30(27,28)25-11-13-29-14-12-25/h4-10,15-16H,11-14H2,1-3H3,(H,24,26). The maximum Gasteiger partial charge on any atom is 0.271 e. The molecule has 1 aliphatic heterocycles. The number of hydrogen-bond acceptors (Lipinski definition) is 5. The van der Waals surface area contributed by atoms with Crippen molar-refractivity contribution in [3.8, 4) is 0 Å². The van der Waals surface area contributed by atoms with E-state index in [0.29, 0.717) is 26.3 Å². The minimum atomic E-state index is -3.66. The third-order valence-corrected chi connectivity index (χ3v) is 6.76. The molecular formula is C22H27N3O4S. The van der Waals surface area contributed by atoms with Gasteiger partial charge in [0.05, 0.1) is 24.3 Å². The summed E-state index contributed by atoms with van der Waals surface area (Å²) in [4.78, 5) is 12.5. The molecule has 3 rings (SSSR count). The summed E-state index contributed by atoms with van der Waals surface area (Å²) in [6.45, 7) is 7.76. The van der Waals surface area contributed by atoms with Crippen LogP contribution in [0.5, 0.6) is 0 Å². The number of hydrogen-bond donors (Lipinski definition) is 1. The van der Waals surface area contributed by atoms with Gasteiger partial charge < -0.3 is 4.74 Å². The van der Waals surface area contributed by atoms with Crippen LogP contribution in [-0.2, 0) is 20.2 Å². The van der Waals surface area contributed by atoms with E-state index < -0.39 is 15.9 Å². The maximum atomic E-state index is 12.8. The van der Waals surface area contributed by atoms with E-state index in [1.165, 1.54) is 22.0 Å². The molecule has 0 aromatic heterocycles. The molecule has 0 unspecified atom stereocenters. The summed E-state index contributed by atoms with van der Waals surface area (Å²) >= 11 is 0. The zero-order valence-corrected chi connectivity index (χ0v) is 18.3. The fraction of sp³-hybridized carbons (Fsp3) is 0.364. The van der Waals surface area contributed by atoms with Crippen LogP contribution in [0.1, 0.15) is 42.3 Å². The molecule has 0 bridgehead atoms. The van der Waals surface area contributed by atoms with Crippen LogP contribution in [0.25, 0.3) is 0 Å². The summed E-state index contributed by atoms with van der Waals surface area (Å²) in [6.07, 6.45) is 1.55. The molecule has 0 aliphatic carbocycles. The Bertz CT molecular complexity index is 1020. The number of benzene rings is 2. The quantitative estimate of drug-likeness (QED) is 0.585. The van der Waals surface area contributed by atoms with Gasteiger partial charge in [0.2, 0.25) is 10.0 Å². The third kappa shape index (κ3) is 5.33. The molecule has 7 nitrogen and oxygen atoms in total. The van der Waals surface area contributed by atoms with Gasteiger partial charge in [0, 0.05) is 18.7 Å². The number of morpholine rings is 1. The van der Waals surface area contributed by atoms with Crippen LogP contribution < -0.4 is 5.43 Å².